The summed E-state index contributed by atoms with van der Waals surface area (Å²) in [5.41, 5.74) is 4.98. The van der Waals surface area contributed by atoms with Crippen LogP contribution >= 0.6 is 0 Å². The number of piperidine rings is 2. The van der Waals surface area contributed by atoms with Crippen LogP contribution in [0.3, 0.4) is 0 Å². The third kappa shape index (κ3) is 6.14. The van der Waals surface area contributed by atoms with E-state index in [2.05, 4.69) is 58.6 Å². The molecular formula is C26H36N4O. The Kier molecular flexibility index (Phi) is 7.36. The SMILES string of the molecule is Cc1ccc(C)c(CNC(=O)CCC[C@H]2NCC3CC2CN(Cc2cccnc2)C3)c1. The van der Waals surface area contributed by atoms with Crippen molar-refractivity contribution in [3.8, 4) is 0 Å². The van der Waals surface area contributed by atoms with Gasteiger partial charge in [0.1, 0.15) is 0 Å². The lowest BCUT2D eigenvalue weighted by atomic mass is 9.79. The lowest BCUT2D eigenvalue weighted by Gasteiger charge is -2.46. The maximum absolute atomic E-state index is 12.4. The Morgan fingerprint density at radius 3 is 3.00 bits per heavy atom. The first-order valence-electron chi connectivity index (χ1n) is 11.7. The van der Waals surface area contributed by atoms with Gasteiger partial charge in [0.15, 0.2) is 0 Å². The van der Waals surface area contributed by atoms with Crippen molar-refractivity contribution in [2.75, 3.05) is 19.6 Å². The van der Waals surface area contributed by atoms with E-state index in [1.807, 2.05) is 18.5 Å². The number of rotatable bonds is 8. The minimum Gasteiger partial charge on any atom is -0.352 e. The number of nitrogens with one attached hydrogen (secondary N) is 2. The van der Waals surface area contributed by atoms with E-state index in [1.165, 1.54) is 35.2 Å². The van der Waals surface area contributed by atoms with Crippen LogP contribution in [0.15, 0.2) is 42.7 Å². The second-order valence-corrected chi connectivity index (χ2v) is 9.53. The highest BCUT2D eigenvalue weighted by molar-refractivity contribution is 5.75. The molecule has 0 aliphatic carbocycles. The van der Waals surface area contributed by atoms with Crippen LogP contribution in [0.25, 0.3) is 0 Å². The van der Waals surface area contributed by atoms with E-state index in [4.69, 9.17) is 0 Å². The van der Waals surface area contributed by atoms with E-state index in [-0.39, 0.29) is 5.91 Å². The Labute approximate surface area is 186 Å². The van der Waals surface area contributed by atoms with Crippen molar-refractivity contribution >= 4 is 5.91 Å². The van der Waals surface area contributed by atoms with Gasteiger partial charge in [0.05, 0.1) is 0 Å². The highest BCUT2D eigenvalue weighted by Gasteiger charge is 2.36. The summed E-state index contributed by atoms with van der Waals surface area (Å²) in [5.74, 6) is 1.59. The fourth-order valence-corrected chi connectivity index (χ4v) is 5.24. The summed E-state index contributed by atoms with van der Waals surface area (Å²) in [5, 5.41) is 6.89. The van der Waals surface area contributed by atoms with Gasteiger partial charge in [-0.3, -0.25) is 14.7 Å². The molecule has 2 aliphatic heterocycles. The average Bonchev–Trinajstić information content (AvgIpc) is 2.76. The van der Waals surface area contributed by atoms with Crippen molar-refractivity contribution in [2.24, 2.45) is 11.8 Å². The van der Waals surface area contributed by atoms with Crippen molar-refractivity contribution in [3.05, 3.63) is 65.0 Å². The lowest BCUT2D eigenvalue weighted by molar-refractivity contribution is -0.121. The Balaban J connectivity index is 1.20. The molecule has 1 aromatic heterocycles. The number of carbonyl (C=O) groups excluding carboxylic acids is 1. The molecule has 2 N–H and O–H groups in total. The Morgan fingerprint density at radius 1 is 1.26 bits per heavy atom. The quantitative estimate of drug-likeness (QED) is 0.685. The standard InChI is InChI=1S/C26H36N4O/c1-19-8-9-20(2)23(11-19)15-29-26(31)7-3-6-25-24-12-22(14-28-25)17-30(18-24)16-21-5-4-10-27-13-21/h4-5,8-11,13,22,24-25,28H,3,6-7,12,14-18H2,1-2H3,(H,29,31)/t22?,24?,25-/m1/s1. The highest BCUT2D eigenvalue weighted by Crippen LogP contribution is 2.31. The molecule has 0 radical (unpaired) electrons. The topological polar surface area (TPSA) is 57.3 Å². The highest BCUT2D eigenvalue weighted by atomic mass is 16.1. The fraction of sp³-hybridized carbons (Fsp3) is 0.538. The predicted molar refractivity (Wildman–Crippen MR) is 125 cm³/mol. The van der Waals surface area contributed by atoms with Crippen molar-refractivity contribution in [3.63, 3.8) is 0 Å². The second kappa shape index (κ2) is 10.4. The third-order valence-corrected chi connectivity index (χ3v) is 6.91. The maximum Gasteiger partial charge on any atom is 0.220 e. The number of aromatic nitrogens is 1. The molecule has 3 atom stereocenters. The van der Waals surface area contributed by atoms with Crippen LogP contribution in [0.1, 0.15) is 47.9 Å². The van der Waals surface area contributed by atoms with Crippen molar-refractivity contribution in [2.45, 2.75) is 58.7 Å². The number of benzene rings is 1. The summed E-state index contributed by atoms with van der Waals surface area (Å²) in [7, 11) is 0. The van der Waals surface area contributed by atoms with Gasteiger partial charge < -0.3 is 10.6 Å². The van der Waals surface area contributed by atoms with Crippen LogP contribution in [0.4, 0.5) is 0 Å². The van der Waals surface area contributed by atoms with Gasteiger partial charge in [0.25, 0.3) is 0 Å². The van der Waals surface area contributed by atoms with Crippen molar-refractivity contribution in [1.82, 2.24) is 20.5 Å². The molecule has 2 bridgehead atoms. The maximum atomic E-state index is 12.4. The van der Waals surface area contributed by atoms with Gasteiger partial charge in [-0.2, -0.15) is 0 Å². The van der Waals surface area contributed by atoms with Crippen LogP contribution in [0.5, 0.6) is 0 Å². The average molecular weight is 421 g/mol. The number of nitrogens with zero attached hydrogens (tertiary/aromatic N) is 2. The molecule has 166 valence electrons. The van der Waals surface area contributed by atoms with Crippen LogP contribution in [-0.2, 0) is 17.9 Å². The molecule has 1 aromatic carbocycles. The molecule has 2 saturated heterocycles. The number of hydrogen-bond acceptors (Lipinski definition) is 4. The van der Waals surface area contributed by atoms with E-state index in [0.29, 0.717) is 24.9 Å². The van der Waals surface area contributed by atoms with E-state index in [0.717, 1.165) is 38.4 Å². The van der Waals surface area contributed by atoms with E-state index >= 15 is 0 Å². The normalized spacial score (nSPS) is 23.5. The summed E-state index contributed by atoms with van der Waals surface area (Å²) in [6, 6.07) is 11.1. The predicted octanol–water partition coefficient (Wildman–Crippen LogP) is 3.60. The lowest BCUT2D eigenvalue weighted by Crippen LogP contribution is -2.55. The molecule has 2 aromatic rings. The molecule has 0 saturated carbocycles. The van der Waals surface area contributed by atoms with Crippen LogP contribution in [0, 0.1) is 25.7 Å². The number of hydrogen-bond donors (Lipinski definition) is 2. The summed E-state index contributed by atoms with van der Waals surface area (Å²) < 4.78 is 0. The van der Waals surface area contributed by atoms with Gasteiger partial charge in [0.2, 0.25) is 5.91 Å². The summed E-state index contributed by atoms with van der Waals surface area (Å²) in [6.07, 6.45) is 7.78. The molecule has 0 spiro atoms. The van der Waals surface area contributed by atoms with Gasteiger partial charge in [-0.05, 0) is 74.2 Å². The van der Waals surface area contributed by atoms with Gasteiger partial charge in [0, 0.05) is 51.0 Å². The van der Waals surface area contributed by atoms with Gasteiger partial charge in [-0.15, -0.1) is 0 Å². The number of fused-ring (bicyclic) bond motifs is 2. The Morgan fingerprint density at radius 2 is 2.16 bits per heavy atom. The molecule has 3 heterocycles. The molecule has 31 heavy (non-hydrogen) atoms. The number of likely N-dealkylation sites (tertiary alicyclic amines) is 1. The molecule has 2 fully saturated rings. The van der Waals surface area contributed by atoms with Crippen LogP contribution < -0.4 is 10.6 Å². The zero-order chi connectivity index (χ0) is 21.6. The number of aryl methyl sites for hydroxylation is 2. The Bertz CT molecular complexity index is 869. The monoisotopic (exact) mass is 420 g/mol. The number of carbonyl (C=O) groups is 1. The Hall–Kier alpha value is -2.24. The molecule has 5 nitrogen and oxygen atoms in total. The minimum absolute atomic E-state index is 0.163. The fourth-order valence-electron chi connectivity index (χ4n) is 5.24. The zero-order valence-electron chi connectivity index (χ0n) is 18.9. The number of pyridine rings is 1. The molecule has 2 aliphatic rings. The van der Waals surface area contributed by atoms with Crippen molar-refractivity contribution in [1.29, 1.82) is 0 Å². The number of amides is 1. The second-order valence-electron chi connectivity index (χ2n) is 9.53. The van der Waals surface area contributed by atoms with Gasteiger partial charge in [-0.1, -0.05) is 29.8 Å². The smallest absolute Gasteiger partial charge is 0.220 e. The first-order chi connectivity index (χ1) is 15.1. The molecule has 2 unspecified atom stereocenters. The molecule has 1 amide bonds. The first kappa shape index (κ1) is 22.0. The van der Waals surface area contributed by atoms with E-state index in [9.17, 15) is 4.79 Å². The minimum atomic E-state index is 0.163. The van der Waals surface area contributed by atoms with E-state index < -0.39 is 0 Å². The largest absolute Gasteiger partial charge is 0.352 e. The van der Waals surface area contributed by atoms with Crippen LogP contribution in [-0.4, -0.2) is 41.5 Å². The van der Waals surface area contributed by atoms with Gasteiger partial charge in [-0.25, -0.2) is 0 Å². The molecule has 4 rings (SSSR count). The third-order valence-electron chi connectivity index (χ3n) is 6.91. The molecule has 5 heteroatoms. The summed E-state index contributed by atoms with van der Waals surface area (Å²) in [6.45, 7) is 9.23. The van der Waals surface area contributed by atoms with Gasteiger partial charge >= 0.3 is 0 Å². The van der Waals surface area contributed by atoms with Crippen molar-refractivity contribution < 1.29 is 4.79 Å². The van der Waals surface area contributed by atoms with E-state index in [1.54, 1.807) is 0 Å². The summed E-state index contributed by atoms with van der Waals surface area (Å²) in [4.78, 5) is 19.2. The van der Waals surface area contributed by atoms with Crippen LogP contribution in [0.2, 0.25) is 0 Å². The zero-order valence-corrected chi connectivity index (χ0v) is 18.9. The summed E-state index contributed by atoms with van der Waals surface area (Å²) >= 11 is 0. The molecular weight excluding hydrogens is 384 g/mol. The first-order valence-corrected chi connectivity index (χ1v) is 11.7.